The third-order valence-corrected chi connectivity index (χ3v) is 10.5. The number of aromatic nitrogens is 2. The highest BCUT2D eigenvalue weighted by Gasteiger charge is 2.18. The van der Waals surface area contributed by atoms with Gasteiger partial charge in [-0.05, 0) is 46.0 Å². The molecule has 0 aliphatic carbocycles. The first-order valence-electron chi connectivity index (χ1n) is 16.5. The van der Waals surface area contributed by atoms with Crippen LogP contribution in [0.5, 0.6) is 0 Å². The molecule has 0 saturated heterocycles. The summed E-state index contributed by atoms with van der Waals surface area (Å²) in [7, 11) is 0. The van der Waals surface area contributed by atoms with Crippen molar-refractivity contribution in [3.63, 3.8) is 0 Å². The average Bonchev–Trinajstić information content (AvgIpc) is 3.58. The molecule has 3 aromatic heterocycles. The predicted octanol–water partition coefficient (Wildman–Crippen LogP) is 12.8. The van der Waals surface area contributed by atoms with E-state index in [0.29, 0.717) is 0 Å². The molecular weight excluding hydrogens is 613 g/mol. The van der Waals surface area contributed by atoms with E-state index in [2.05, 4.69) is 158 Å². The van der Waals surface area contributed by atoms with E-state index < -0.39 is 0 Å². The van der Waals surface area contributed by atoms with Gasteiger partial charge in [-0.3, -0.25) is 9.97 Å². The van der Waals surface area contributed by atoms with Crippen LogP contribution in [0.3, 0.4) is 0 Å². The number of nitrogens with zero attached hydrogens (tertiary/aromatic N) is 2. The predicted molar refractivity (Wildman–Crippen MR) is 208 cm³/mol. The van der Waals surface area contributed by atoms with Crippen LogP contribution in [0.25, 0.3) is 87.2 Å². The molecule has 3 heteroatoms. The van der Waals surface area contributed by atoms with Gasteiger partial charge in [-0.25, -0.2) is 0 Å². The van der Waals surface area contributed by atoms with Gasteiger partial charge in [0.25, 0.3) is 0 Å². The Morgan fingerprint density at radius 3 is 1.39 bits per heavy atom. The van der Waals surface area contributed by atoms with E-state index in [1.807, 2.05) is 35.9 Å². The highest BCUT2D eigenvalue weighted by atomic mass is 32.1. The highest BCUT2D eigenvalue weighted by molar-refractivity contribution is 7.26. The molecule has 0 radical (unpaired) electrons. The summed E-state index contributed by atoms with van der Waals surface area (Å²) in [6.07, 6.45) is 4.00. The molecular formula is C46H30N2S. The van der Waals surface area contributed by atoms with Gasteiger partial charge in [-0.15, -0.1) is 11.3 Å². The van der Waals surface area contributed by atoms with Crippen molar-refractivity contribution in [2.45, 2.75) is 0 Å². The van der Waals surface area contributed by atoms with Gasteiger partial charge in [0.1, 0.15) is 0 Å². The first-order chi connectivity index (χ1) is 24.3. The zero-order valence-corrected chi connectivity index (χ0v) is 27.4. The van der Waals surface area contributed by atoms with Crippen molar-refractivity contribution in [1.82, 2.24) is 9.97 Å². The number of hydrogen-bond donors (Lipinski definition) is 0. The third kappa shape index (κ3) is 5.41. The molecule has 0 bridgehead atoms. The molecule has 230 valence electrons. The first-order valence-corrected chi connectivity index (χ1v) is 17.3. The van der Waals surface area contributed by atoms with Gasteiger partial charge < -0.3 is 0 Å². The summed E-state index contributed by atoms with van der Waals surface area (Å²) in [5.74, 6) is 0. The van der Waals surface area contributed by atoms with Gasteiger partial charge in [-0.2, -0.15) is 0 Å². The molecule has 49 heavy (non-hydrogen) atoms. The van der Waals surface area contributed by atoms with Crippen LogP contribution in [-0.4, -0.2) is 9.97 Å². The Bertz CT molecular complexity index is 2560. The SMILES string of the molecule is c1ccc(-c2ccc(-c3ccc(-c4ccc(-c5ccccc5)nc4)c(-c4cccc5c4sc4c(-c6ccccc6)cccc45)c3)cn2)cc1. The standard InChI is InChI=1S/C46H30N2S/c1-4-12-31(13-5-1)38-18-10-19-39-40-20-11-21-41(46(40)49-45(38)39)42-28-34(35-23-26-43(47-29-35)32-14-6-2-7-15-32)22-25-37(42)36-24-27-44(48-30-36)33-16-8-3-9-17-33/h1-30H. The lowest BCUT2D eigenvalue weighted by molar-refractivity contribution is 1.32. The summed E-state index contributed by atoms with van der Waals surface area (Å²) < 4.78 is 2.59. The lowest BCUT2D eigenvalue weighted by Crippen LogP contribution is -1.91. The van der Waals surface area contributed by atoms with E-state index in [0.717, 1.165) is 44.8 Å². The molecule has 2 nitrogen and oxygen atoms in total. The Morgan fingerprint density at radius 2 is 0.816 bits per heavy atom. The van der Waals surface area contributed by atoms with Crippen LogP contribution in [0.15, 0.2) is 182 Å². The maximum Gasteiger partial charge on any atom is 0.0702 e. The molecule has 0 N–H and O–H groups in total. The summed E-state index contributed by atoms with van der Waals surface area (Å²) >= 11 is 1.88. The van der Waals surface area contributed by atoms with Crippen molar-refractivity contribution in [1.29, 1.82) is 0 Å². The fraction of sp³-hybridized carbons (Fsp3) is 0. The van der Waals surface area contributed by atoms with Gasteiger partial charge in [0, 0.05) is 60.4 Å². The Morgan fingerprint density at radius 1 is 0.306 bits per heavy atom. The molecule has 6 aromatic carbocycles. The van der Waals surface area contributed by atoms with Crippen molar-refractivity contribution < 1.29 is 0 Å². The summed E-state index contributed by atoms with van der Waals surface area (Å²) in [5.41, 5.74) is 13.5. The largest absolute Gasteiger partial charge is 0.256 e. The smallest absolute Gasteiger partial charge is 0.0702 e. The van der Waals surface area contributed by atoms with Crippen molar-refractivity contribution >= 4 is 31.5 Å². The van der Waals surface area contributed by atoms with E-state index in [9.17, 15) is 0 Å². The molecule has 0 aliphatic heterocycles. The van der Waals surface area contributed by atoms with Gasteiger partial charge in [0.15, 0.2) is 0 Å². The minimum atomic E-state index is 0.965. The number of pyridine rings is 2. The van der Waals surface area contributed by atoms with Crippen LogP contribution in [0.1, 0.15) is 0 Å². The van der Waals surface area contributed by atoms with E-state index >= 15 is 0 Å². The Balaban J connectivity index is 1.22. The number of thiophene rings is 1. The van der Waals surface area contributed by atoms with Crippen molar-refractivity contribution in [2.24, 2.45) is 0 Å². The summed E-state index contributed by atoms with van der Waals surface area (Å²) in [6, 6.07) is 60.2. The van der Waals surface area contributed by atoms with Gasteiger partial charge in [0.05, 0.1) is 11.4 Å². The third-order valence-electron chi connectivity index (χ3n) is 9.23. The normalized spacial score (nSPS) is 11.3. The van der Waals surface area contributed by atoms with E-state index in [4.69, 9.17) is 9.97 Å². The second-order valence-electron chi connectivity index (χ2n) is 12.2. The lowest BCUT2D eigenvalue weighted by Gasteiger charge is -2.14. The van der Waals surface area contributed by atoms with Crippen LogP contribution in [0, 0.1) is 0 Å². The van der Waals surface area contributed by atoms with Gasteiger partial charge in [0.2, 0.25) is 0 Å². The van der Waals surface area contributed by atoms with Crippen molar-refractivity contribution in [3.05, 3.63) is 182 Å². The topological polar surface area (TPSA) is 25.8 Å². The minimum absolute atomic E-state index is 0.965. The summed E-state index contributed by atoms with van der Waals surface area (Å²) in [4.78, 5) is 9.77. The Kier molecular flexibility index (Phi) is 7.38. The fourth-order valence-corrected chi connectivity index (χ4v) is 8.12. The maximum absolute atomic E-state index is 4.91. The van der Waals surface area contributed by atoms with Gasteiger partial charge in [-0.1, -0.05) is 152 Å². The second-order valence-corrected chi connectivity index (χ2v) is 13.2. The summed E-state index contributed by atoms with van der Waals surface area (Å²) in [5, 5.41) is 2.56. The molecule has 0 aliphatic rings. The summed E-state index contributed by atoms with van der Waals surface area (Å²) in [6.45, 7) is 0. The number of hydrogen-bond acceptors (Lipinski definition) is 3. The molecule has 0 fully saturated rings. The highest BCUT2D eigenvalue weighted by Crippen LogP contribution is 2.46. The lowest BCUT2D eigenvalue weighted by atomic mass is 9.91. The van der Waals surface area contributed by atoms with Crippen LogP contribution in [0.4, 0.5) is 0 Å². The molecule has 0 amide bonds. The van der Waals surface area contributed by atoms with Crippen LogP contribution < -0.4 is 0 Å². The second kappa shape index (κ2) is 12.5. The van der Waals surface area contributed by atoms with E-state index in [1.165, 1.54) is 42.4 Å². The molecule has 3 heterocycles. The molecule has 0 spiro atoms. The molecule has 0 unspecified atom stereocenters. The van der Waals surface area contributed by atoms with Crippen molar-refractivity contribution in [2.75, 3.05) is 0 Å². The number of rotatable bonds is 6. The van der Waals surface area contributed by atoms with Crippen LogP contribution in [-0.2, 0) is 0 Å². The van der Waals surface area contributed by atoms with Crippen LogP contribution >= 0.6 is 11.3 Å². The Labute approximate surface area is 289 Å². The van der Waals surface area contributed by atoms with Crippen LogP contribution in [0.2, 0.25) is 0 Å². The molecule has 9 rings (SSSR count). The quantitative estimate of drug-likeness (QED) is 0.180. The van der Waals surface area contributed by atoms with Crippen molar-refractivity contribution in [3.8, 4) is 67.0 Å². The molecule has 0 saturated carbocycles. The average molecular weight is 643 g/mol. The van der Waals surface area contributed by atoms with E-state index in [1.54, 1.807) is 0 Å². The number of benzene rings is 6. The Hall–Kier alpha value is -6.16. The maximum atomic E-state index is 4.91. The van der Waals surface area contributed by atoms with Gasteiger partial charge >= 0.3 is 0 Å². The zero-order chi connectivity index (χ0) is 32.6. The zero-order valence-electron chi connectivity index (χ0n) is 26.6. The first kappa shape index (κ1) is 29.0. The monoisotopic (exact) mass is 642 g/mol. The fourth-order valence-electron chi connectivity index (χ4n) is 6.75. The molecule has 9 aromatic rings. The van der Waals surface area contributed by atoms with E-state index in [-0.39, 0.29) is 0 Å². The number of fused-ring (bicyclic) bond motifs is 3. The minimum Gasteiger partial charge on any atom is -0.256 e. The molecule has 0 atom stereocenters.